The van der Waals surface area contributed by atoms with Crippen LogP contribution in [0, 0.1) is 28.1 Å². The van der Waals surface area contributed by atoms with E-state index < -0.39 is 6.04 Å². The minimum absolute atomic E-state index is 0.00227. The number of hydrogen-bond acceptors (Lipinski definition) is 7. The number of benzene rings is 2. The van der Waals surface area contributed by atoms with Crippen LogP contribution in [0.2, 0.25) is 5.02 Å². The Hall–Kier alpha value is -4.14. The van der Waals surface area contributed by atoms with Gasteiger partial charge in [0.15, 0.2) is 0 Å². The molecule has 2 aromatic heterocycles. The van der Waals surface area contributed by atoms with Gasteiger partial charge in [0.25, 0.3) is 0 Å². The first-order valence-electron chi connectivity index (χ1n) is 12.3. The predicted octanol–water partition coefficient (Wildman–Crippen LogP) is 6.64. The smallest absolute Gasteiger partial charge is 0.109 e. The van der Waals surface area contributed by atoms with E-state index in [-0.39, 0.29) is 11.0 Å². The number of nitrogens with zero attached hydrogens (tertiary/aromatic N) is 6. The quantitative estimate of drug-likeness (QED) is 0.289. The van der Waals surface area contributed by atoms with E-state index in [1.807, 2.05) is 41.2 Å². The Bertz CT molecular complexity index is 1560. The second-order valence-electron chi connectivity index (χ2n) is 11.5. The zero-order chi connectivity index (χ0) is 27.7. The summed E-state index contributed by atoms with van der Waals surface area (Å²) in [5, 5.41) is 36.3. The largest absolute Gasteiger partial charge is 0.383 e. The molecule has 0 radical (unpaired) electrons. The summed E-state index contributed by atoms with van der Waals surface area (Å²) in [5.41, 5.74) is 4.32. The number of anilines is 2. The average Bonchev–Trinajstić information content (AvgIpc) is 3.36. The van der Waals surface area contributed by atoms with E-state index in [0.29, 0.717) is 39.6 Å². The van der Waals surface area contributed by atoms with Crippen molar-refractivity contribution in [3.8, 4) is 12.1 Å². The SMILES string of the molecule is CC(C)(C)CNc1c(C#N)cnc2c(Cl)cc(NC(c3cccc(C#N)c3)c3cn(C(C)(C)C)nn3)cc12. The van der Waals surface area contributed by atoms with Gasteiger partial charge in [-0.2, -0.15) is 10.5 Å². The highest BCUT2D eigenvalue weighted by Crippen LogP contribution is 2.36. The van der Waals surface area contributed by atoms with E-state index in [9.17, 15) is 10.5 Å². The fourth-order valence-electron chi connectivity index (χ4n) is 3.99. The Morgan fingerprint density at radius 1 is 1.05 bits per heavy atom. The lowest BCUT2D eigenvalue weighted by molar-refractivity contribution is 0.347. The number of nitrogens with one attached hydrogen (secondary N) is 2. The summed E-state index contributed by atoms with van der Waals surface area (Å²) in [5.74, 6) is 0. The molecule has 0 saturated heterocycles. The molecule has 4 rings (SSSR count). The lowest BCUT2D eigenvalue weighted by Crippen LogP contribution is -2.22. The molecule has 0 aliphatic carbocycles. The van der Waals surface area contributed by atoms with Crippen LogP contribution in [0.15, 0.2) is 48.8 Å². The molecule has 0 aliphatic heterocycles. The van der Waals surface area contributed by atoms with Gasteiger partial charge in [0.05, 0.1) is 51.2 Å². The summed E-state index contributed by atoms with van der Waals surface area (Å²) in [7, 11) is 0. The van der Waals surface area contributed by atoms with Gasteiger partial charge < -0.3 is 10.6 Å². The second kappa shape index (κ2) is 10.3. The molecule has 0 aliphatic rings. The van der Waals surface area contributed by atoms with Crippen LogP contribution in [-0.4, -0.2) is 26.5 Å². The molecule has 2 N–H and O–H groups in total. The Kier molecular flexibility index (Phi) is 7.31. The number of rotatable bonds is 6. The maximum absolute atomic E-state index is 9.78. The van der Waals surface area contributed by atoms with Gasteiger partial charge in [-0.1, -0.05) is 49.7 Å². The Labute approximate surface area is 228 Å². The predicted molar refractivity (Wildman–Crippen MR) is 151 cm³/mol. The third-order valence-corrected chi connectivity index (χ3v) is 6.28. The molecular weight excluding hydrogens is 496 g/mol. The first kappa shape index (κ1) is 26.9. The number of aromatic nitrogens is 4. The Morgan fingerprint density at radius 2 is 1.82 bits per heavy atom. The first-order valence-corrected chi connectivity index (χ1v) is 12.7. The van der Waals surface area contributed by atoms with Crippen LogP contribution in [-0.2, 0) is 5.54 Å². The van der Waals surface area contributed by atoms with Crippen LogP contribution in [0.5, 0.6) is 0 Å². The number of pyridine rings is 1. The molecule has 4 aromatic rings. The fourth-order valence-corrected chi connectivity index (χ4v) is 4.26. The van der Waals surface area contributed by atoms with Crippen LogP contribution in [0.1, 0.15) is 70.0 Å². The number of halogens is 1. The molecule has 0 fully saturated rings. The molecule has 0 amide bonds. The van der Waals surface area contributed by atoms with Crippen molar-refractivity contribution in [1.82, 2.24) is 20.0 Å². The number of nitriles is 2. The summed E-state index contributed by atoms with van der Waals surface area (Å²) in [6.07, 6.45) is 3.46. The molecule has 2 aromatic carbocycles. The van der Waals surface area contributed by atoms with Crippen molar-refractivity contribution in [3.05, 3.63) is 76.2 Å². The van der Waals surface area contributed by atoms with Gasteiger partial charge in [-0.05, 0) is 56.0 Å². The molecule has 8 nitrogen and oxygen atoms in total. The average molecular weight is 527 g/mol. The molecule has 0 spiro atoms. The molecule has 9 heteroatoms. The van der Waals surface area contributed by atoms with Crippen LogP contribution in [0.25, 0.3) is 10.9 Å². The second-order valence-corrected chi connectivity index (χ2v) is 11.9. The lowest BCUT2D eigenvalue weighted by Gasteiger charge is -2.22. The lowest BCUT2D eigenvalue weighted by atomic mass is 9.96. The summed E-state index contributed by atoms with van der Waals surface area (Å²) in [6, 6.07) is 15.2. The van der Waals surface area contributed by atoms with Crippen molar-refractivity contribution < 1.29 is 0 Å². The summed E-state index contributed by atoms with van der Waals surface area (Å²) >= 11 is 6.72. The van der Waals surface area contributed by atoms with E-state index in [0.717, 1.165) is 16.6 Å². The van der Waals surface area contributed by atoms with Gasteiger partial charge in [-0.15, -0.1) is 5.10 Å². The number of fused-ring (bicyclic) bond motifs is 1. The van der Waals surface area contributed by atoms with Gasteiger partial charge in [-0.25, -0.2) is 4.68 Å². The molecular formula is C29H31ClN8. The minimum atomic E-state index is -0.411. The van der Waals surface area contributed by atoms with Crippen LogP contribution in [0.4, 0.5) is 11.4 Å². The maximum Gasteiger partial charge on any atom is 0.109 e. The number of hydrogen-bond donors (Lipinski definition) is 2. The maximum atomic E-state index is 9.78. The van der Waals surface area contributed by atoms with Gasteiger partial charge in [0, 0.05) is 23.8 Å². The van der Waals surface area contributed by atoms with Crippen molar-refractivity contribution in [2.24, 2.45) is 5.41 Å². The first-order chi connectivity index (χ1) is 17.9. The molecule has 0 saturated carbocycles. The van der Waals surface area contributed by atoms with Crippen LogP contribution < -0.4 is 10.6 Å². The topological polar surface area (TPSA) is 115 Å². The highest BCUT2D eigenvalue weighted by atomic mass is 35.5. The van der Waals surface area contributed by atoms with E-state index in [1.165, 1.54) is 0 Å². The summed E-state index contributed by atoms with van der Waals surface area (Å²) in [4.78, 5) is 4.46. The normalized spacial score (nSPS) is 12.6. The highest BCUT2D eigenvalue weighted by Gasteiger charge is 2.23. The van der Waals surface area contributed by atoms with Gasteiger partial charge in [-0.3, -0.25) is 4.98 Å². The molecule has 2 heterocycles. The summed E-state index contributed by atoms with van der Waals surface area (Å²) in [6.45, 7) is 13.2. The fraction of sp³-hybridized carbons (Fsp3) is 0.345. The molecule has 38 heavy (non-hydrogen) atoms. The van der Waals surface area contributed by atoms with Crippen molar-refractivity contribution in [2.45, 2.75) is 53.1 Å². The minimum Gasteiger partial charge on any atom is -0.383 e. The Morgan fingerprint density at radius 3 is 2.45 bits per heavy atom. The van der Waals surface area contributed by atoms with Crippen molar-refractivity contribution >= 4 is 33.9 Å². The third-order valence-electron chi connectivity index (χ3n) is 6.00. The molecule has 0 bridgehead atoms. The molecule has 1 unspecified atom stereocenters. The molecule has 194 valence electrons. The van der Waals surface area contributed by atoms with Gasteiger partial charge >= 0.3 is 0 Å². The highest BCUT2D eigenvalue weighted by molar-refractivity contribution is 6.35. The van der Waals surface area contributed by atoms with E-state index in [1.54, 1.807) is 12.3 Å². The van der Waals surface area contributed by atoms with Crippen molar-refractivity contribution in [2.75, 3.05) is 17.2 Å². The van der Waals surface area contributed by atoms with Gasteiger partial charge in [0.2, 0.25) is 0 Å². The van der Waals surface area contributed by atoms with Crippen molar-refractivity contribution in [1.29, 1.82) is 10.5 Å². The zero-order valence-electron chi connectivity index (χ0n) is 22.5. The zero-order valence-corrected chi connectivity index (χ0v) is 23.2. The van der Waals surface area contributed by atoms with Crippen LogP contribution in [0.3, 0.4) is 0 Å². The van der Waals surface area contributed by atoms with E-state index in [4.69, 9.17) is 11.6 Å². The van der Waals surface area contributed by atoms with Gasteiger partial charge in [0.1, 0.15) is 11.8 Å². The van der Waals surface area contributed by atoms with Crippen LogP contribution >= 0.6 is 11.6 Å². The summed E-state index contributed by atoms with van der Waals surface area (Å²) < 4.78 is 1.82. The Balaban J connectivity index is 1.84. The van der Waals surface area contributed by atoms with E-state index >= 15 is 0 Å². The standard InChI is InChI=1S/C29H31ClN8/c1-28(2,3)17-34-25-20(14-32)15-33-27-22(25)11-21(12-23(27)30)35-26(19-9-7-8-18(10-19)13-31)24-16-38(37-36-24)29(4,5)6/h7-12,15-16,26,35H,17H2,1-6H3,(H,33,34). The molecule has 1 atom stereocenters. The monoisotopic (exact) mass is 526 g/mol. The third kappa shape index (κ3) is 5.88. The van der Waals surface area contributed by atoms with Crippen molar-refractivity contribution in [3.63, 3.8) is 0 Å². The van der Waals surface area contributed by atoms with E-state index in [2.05, 4.69) is 79.6 Å².